The molecule has 0 amide bonds. The molecule has 0 aliphatic carbocycles. The van der Waals surface area contributed by atoms with E-state index < -0.39 is 10.8 Å². The standard InChI is InChI=1S/C8H12N2OS2/c11-13(8-10-3-4-12-8)6-7-1-2-9-5-7/h3-4,7,9H,1-2,5-6H2/t7-,13-/m1/s1. The molecule has 3 nitrogen and oxygen atoms in total. The van der Waals surface area contributed by atoms with Gasteiger partial charge < -0.3 is 5.32 Å². The Morgan fingerprint density at radius 1 is 1.77 bits per heavy atom. The zero-order valence-corrected chi connectivity index (χ0v) is 8.87. The molecule has 0 radical (unpaired) electrons. The summed E-state index contributed by atoms with van der Waals surface area (Å²) in [6.45, 7) is 2.08. The number of thiazole rings is 1. The van der Waals surface area contributed by atoms with E-state index in [2.05, 4.69) is 10.3 Å². The topological polar surface area (TPSA) is 42.0 Å². The Morgan fingerprint density at radius 2 is 2.69 bits per heavy atom. The first-order chi connectivity index (χ1) is 6.36. The number of nitrogens with one attached hydrogen (secondary N) is 1. The van der Waals surface area contributed by atoms with Crippen LogP contribution in [0.5, 0.6) is 0 Å². The van der Waals surface area contributed by atoms with Crippen molar-refractivity contribution in [3.05, 3.63) is 11.6 Å². The fourth-order valence-electron chi connectivity index (χ4n) is 1.46. The van der Waals surface area contributed by atoms with E-state index in [1.54, 1.807) is 6.20 Å². The zero-order chi connectivity index (χ0) is 9.10. The van der Waals surface area contributed by atoms with Crippen LogP contribution in [0.15, 0.2) is 15.9 Å². The summed E-state index contributed by atoms with van der Waals surface area (Å²) in [4.78, 5) is 4.06. The van der Waals surface area contributed by atoms with Crippen molar-refractivity contribution in [3.8, 4) is 0 Å². The molecule has 2 rings (SSSR count). The highest BCUT2D eigenvalue weighted by molar-refractivity contribution is 7.87. The largest absolute Gasteiger partial charge is 0.316 e. The predicted octanol–water partition coefficient (Wildman–Crippen LogP) is 0.860. The van der Waals surface area contributed by atoms with Crippen LogP contribution in [0.4, 0.5) is 0 Å². The first kappa shape index (κ1) is 9.30. The first-order valence-electron chi connectivity index (χ1n) is 4.35. The summed E-state index contributed by atoms with van der Waals surface area (Å²) in [5.41, 5.74) is 0. The second-order valence-corrected chi connectivity index (χ2v) is 5.73. The lowest BCUT2D eigenvalue weighted by Gasteiger charge is -2.04. The Labute approximate surface area is 84.0 Å². The number of rotatable bonds is 3. The predicted molar refractivity (Wildman–Crippen MR) is 54.4 cm³/mol. The van der Waals surface area contributed by atoms with Gasteiger partial charge in [-0.25, -0.2) is 4.98 Å². The lowest BCUT2D eigenvalue weighted by molar-refractivity contribution is 0.632. The van der Waals surface area contributed by atoms with Crippen LogP contribution in [0.25, 0.3) is 0 Å². The van der Waals surface area contributed by atoms with E-state index in [0.29, 0.717) is 5.92 Å². The van der Waals surface area contributed by atoms with Crippen molar-refractivity contribution >= 4 is 22.1 Å². The van der Waals surface area contributed by atoms with Crippen LogP contribution < -0.4 is 5.32 Å². The summed E-state index contributed by atoms with van der Waals surface area (Å²) in [5.74, 6) is 1.34. The Morgan fingerprint density at radius 3 is 3.31 bits per heavy atom. The molecule has 1 aliphatic heterocycles. The molecule has 1 saturated heterocycles. The highest BCUT2D eigenvalue weighted by Crippen LogP contribution is 2.15. The maximum atomic E-state index is 11.7. The van der Waals surface area contributed by atoms with Crippen LogP contribution >= 0.6 is 11.3 Å². The van der Waals surface area contributed by atoms with Crippen molar-refractivity contribution in [3.63, 3.8) is 0 Å². The van der Waals surface area contributed by atoms with Crippen LogP contribution in [-0.4, -0.2) is 28.0 Å². The fourth-order valence-corrected chi connectivity index (χ4v) is 3.66. The molecule has 1 N–H and O–H groups in total. The van der Waals surface area contributed by atoms with Gasteiger partial charge in [0, 0.05) is 17.3 Å². The summed E-state index contributed by atoms with van der Waals surface area (Å²) in [6.07, 6.45) is 2.86. The van der Waals surface area contributed by atoms with E-state index >= 15 is 0 Å². The highest BCUT2D eigenvalue weighted by Gasteiger charge is 2.18. The van der Waals surface area contributed by atoms with Gasteiger partial charge in [-0.3, -0.25) is 4.21 Å². The summed E-state index contributed by atoms with van der Waals surface area (Å²) in [5, 5.41) is 5.15. The van der Waals surface area contributed by atoms with Gasteiger partial charge in [-0.1, -0.05) is 0 Å². The van der Waals surface area contributed by atoms with Crippen LogP contribution in [0.1, 0.15) is 6.42 Å². The van der Waals surface area contributed by atoms with Crippen LogP contribution in [-0.2, 0) is 10.8 Å². The minimum Gasteiger partial charge on any atom is -0.316 e. The lowest BCUT2D eigenvalue weighted by atomic mass is 10.2. The van der Waals surface area contributed by atoms with E-state index in [1.165, 1.54) is 11.3 Å². The molecule has 1 fully saturated rings. The van der Waals surface area contributed by atoms with E-state index in [1.807, 2.05) is 5.38 Å². The van der Waals surface area contributed by atoms with E-state index in [0.717, 1.165) is 29.6 Å². The van der Waals surface area contributed by atoms with Gasteiger partial charge in [-0.05, 0) is 25.4 Å². The highest BCUT2D eigenvalue weighted by atomic mass is 32.2. The monoisotopic (exact) mass is 216 g/mol. The van der Waals surface area contributed by atoms with Gasteiger partial charge in [-0.2, -0.15) is 0 Å². The average molecular weight is 216 g/mol. The molecular formula is C8H12N2OS2. The summed E-state index contributed by atoms with van der Waals surface area (Å²) in [7, 11) is -0.875. The van der Waals surface area contributed by atoms with Gasteiger partial charge >= 0.3 is 0 Å². The van der Waals surface area contributed by atoms with Crippen molar-refractivity contribution in [2.24, 2.45) is 5.92 Å². The first-order valence-corrected chi connectivity index (χ1v) is 6.54. The summed E-state index contributed by atoms with van der Waals surface area (Å²) in [6, 6.07) is 0. The molecule has 72 valence electrons. The van der Waals surface area contributed by atoms with Crippen LogP contribution in [0, 0.1) is 5.92 Å². The minimum absolute atomic E-state index is 0.574. The Kier molecular flexibility index (Phi) is 3.08. The molecule has 5 heteroatoms. The van der Waals surface area contributed by atoms with E-state index in [9.17, 15) is 4.21 Å². The van der Waals surface area contributed by atoms with Gasteiger partial charge in [0.25, 0.3) is 0 Å². The number of hydrogen-bond acceptors (Lipinski definition) is 4. The van der Waals surface area contributed by atoms with Crippen molar-refractivity contribution in [2.45, 2.75) is 10.8 Å². The average Bonchev–Trinajstić information content (AvgIpc) is 2.74. The maximum absolute atomic E-state index is 11.7. The molecule has 0 saturated carbocycles. The smallest absolute Gasteiger partial charge is 0.180 e. The van der Waals surface area contributed by atoms with Crippen LogP contribution in [0.2, 0.25) is 0 Å². The molecule has 0 spiro atoms. The van der Waals surface area contributed by atoms with E-state index in [-0.39, 0.29) is 0 Å². The molecule has 1 aromatic heterocycles. The summed E-state index contributed by atoms with van der Waals surface area (Å²) >= 11 is 1.48. The molecule has 0 unspecified atom stereocenters. The molecule has 1 aliphatic rings. The Hall–Kier alpha value is -0.260. The number of aromatic nitrogens is 1. The molecule has 0 aromatic carbocycles. The second kappa shape index (κ2) is 4.30. The van der Waals surface area contributed by atoms with Gasteiger partial charge in [-0.15, -0.1) is 11.3 Å². The summed E-state index contributed by atoms with van der Waals surface area (Å²) < 4.78 is 12.5. The van der Waals surface area contributed by atoms with Crippen molar-refractivity contribution in [1.29, 1.82) is 0 Å². The molecule has 2 heterocycles. The van der Waals surface area contributed by atoms with E-state index in [4.69, 9.17) is 0 Å². The van der Waals surface area contributed by atoms with Gasteiger partial charge in [0.05, 0.1) is 10.8 Å². The van der Waals surface area contributed by atoms with Gasteiger partial charge in [0.2, 0.25) is 0 Å². The third-order valence-corrected chi connectivity index (χ3v) is 4.83. The maximum Gasteiger partial charge on any atom is 0.180 e. The number of hydrogen-bond donors (Lipinski definition) is 1. The van der Waals surface area contributed by atoms with Gasteiger partial charge in [0.1, 0.15) is 0 Å². The Bertz CT molecular complexity index is 280. The molecule has 1 aromatic rings. The minimum atomic E-state index is -0.875. The van der Waals surface area contributed by atoms with Crippen LogP contribution in [0.3, 0.4) is 0 Å². The Balaban J connectivity index is 1.91. The fraction of sp³-hybridized carbons (Fsp3) is 0.625. The molecule has 13 heavy (non-hydrogen) atoms. The normalized spacial score (nSPS) is 24.8. The molecular weight excluding hydrogens is 204 g/mol. The molecule has 0 bridgehead atoms. The quantitative estimate of drug-likeness (QED) is 0.815. The van der Waals surface area contributed by atoms with Crippen molar-refractivity contribution in [2.75, 3.05) is 18.8 Å². The van der Waals surface area contributed by atoms with Gasteiger partial charge in [0.15, 0.2) is 4.34 Å². The lowest BCUT2D eigenvalue weighted by Crippen LogP contribution is -2.14. The third kappa shape index (κ3) is 2.36. The van der Waals surface area contributed by atoms with Crippen molar-refractivity contribution < 1.29 is 4.21 Å². The number of nitrogens with zero attached hydrogens (tertiary/aromatic N) is 1. The SMILES string of the molecule is O=[S@](C[C@@H]1CCNC1)c1nccs1. The van der Waals surface area contributed by atoms with Crippen molar-refractivity contribution in [1.82, 2.24) is 10.3 Å². The second-order valence-electron chi connectivity index (χ2n) is 3.17. The zero-order valence-electron chi connectivity index (χ0n) is 7.23. The third-order valence-electron chi connectivity index (χ3n) is 2.15. The molecule has 2 atom stereocenters.